The zero-order valence-electron chi connectivity index (χ0n) is 10.4. The van der Waals surface area contributed by atoms with Crippen LogP contribution in [-0.4, -0.2) is 55.0 Å². The molecule has 0 aromatic rings. The van der Waals surface area contributed by atoms with Crippen LogP contribution in [0.2, 0.25) is 0 Å². The molecule has 0 aromatic carbocycles. The highest BCUT2D eigenvalue weighted by Crippen LogP contribution is 2.08. The molecule has 96 valence electrons. The quantitative estimate of drug-likeness (QED) is 0.739. The summed E-state index contributed by atoms with van der Waals surface area (Å²) in [6, 6.07) is -0.241. The fourth-order valence-electron chi connectivity index (χ4n) is 1.82. The number of amides is 3. The highest BCUT2D eigenvalue weighted by atomic mass is 16.2. The number of rotatable bonds is 4. The summed E-state index contributed by atoms with van der Waals surface area (Å²) in [5, 5.41) is 2.61. The summed E-state index contributed by atoms with van der Waals surface area (Å²) in [5.41, 5.74) is 0. The van der Waals surface area contributed by atoms with Crippen LogP contribution in [0.1, 0.15) is 19.3 Å². The Labute approximate surface area is 102 Å². The first kappa shape index (κ1) is 13.5. The van der Waals surface area contributed by atoms with E-state index in [0.717, 1.165) is 25.9 Å². The second kappa shape index (κ2) is 6.93. The van der Waals surface area contributed by atoms with Crippen molar-refractivity contribution in [3.63, 3.8) is 0 Å². The second-order valence-corrected chi connectivity index (χ2v) is 4.27. The van der Waals surface area contributed by atoms with Gasteiger partial charge >= 0.3 is 6.03 Å². The topological polar surface area (TPSA) is 52.7 Å². The Morgan fingerprint density at radius 3 is 2.59 bits per heavy atom. The van der Waals surface area contributed by atoms with Crippen molar-refractivity contribution in [1.29, 1.82) is 0 Å². The Bertz CT molecular complexity index is 285. The summed E-state index contributed by atoms with van der Waals surface area (Å²) >= 11 is 0. The van der Waals surface area contributed by atoms with Gasteiger partial charge in [0, 0.05) is 26.7 Å². The largest absolute Gasteiger partial charge is 0.341 e. The van der Waals surface area contributed by atoms with E-state index in [9.17, 15) is 9.59 Å². The minimum Gasteiger partial charge on any atom is -0.341 e. The van der Waals surface area contributed by atoms with Crippen LogP contribution >= 0.6 is 0 Å². The molecule has 3 amide bonds. The predicted molar refractivity (Wildman–Crippen MR) is 66.7 cm³/mol. The van der Waals surface area contributed by atoms with Crippen LogP contribution < -0.4 is 5.32 Å². The summed E-state index contributed by atoms with van der Waals surface area (Å²) in [6.45, 7) is 5.75. The Hall–Kier alpha value is -1.52. The summed E-state index contributed by atoms with van der Waals surface area (Å²) < 4.78 is 0. The van der Waals surface area contributed by atoms with E-state index >= 15 is 0 Å². The molecule has 0 radical (unpaired) electrons. The maximum absolute atomic E-state index is 11.8. The molecule has 1 aliphatic heterocycles. The van der Waals surface area contributed by atoms with Gasteiger partial charge in [-0.05, 0) is 19.3 Å². The molecule has 1 saturated heterocycles. The summed E-state index contributed by atoms with van der Waals surface area (Å²) in [4.78, 5) is 26.6. The molecular weight excluding hydrogens is 218 g/mol. The number of carbonyl (C=O) groups is 2. The molecule has 0 atom stereocenters. The second-order valence-electron chi connectivity index (χ2n) is 4.27. The molecule has 5 nitrogen and oxygen atoms in total. The number of piperidine rings is 1. The van der Waals surface area contributed by atoms with Crippen LogP contribution in [0.5, 0.6) is 0 Å². The molecule has 1 aliphatic rings. The molecular formula is C12H21N3O2. The average Bonchev–Trinajstić information content (AvgIpc) is 2.36. The van der Waals surface area contributed by atoms with Gasteiger partial charge in [-0.1, -0.05) is 6.08 Å². The lowest BCUT2D eigenvalue weighted by Crippen LogP contribution is -2.45. The number of carbonyl (C=O) groups excluding carboxylic acids is 2. The standard InChI is InChI=1S/C12H21N3O2/c1-3-7-14(2)12(17)13-10-11(16)15-8-5-4-6-9-15/h3H,1,4-10H2,2H3,(H,13,17). The van der Waals surface area contributed by atoms with Crippen molar-refractivity contribution < 1.29 is 9.59 Å². The van der Waals surface area contributed by atoms with Crippen LogP contribution in [0.25, 0.3) is 0 Å². The van der Waals surface area contributed by atoms with Crippen LogP contribution in [0, 0.1) is 0 Å². The van der Waals surface area contributed by atoms with Gasteiger partial charge in [0.2, 0.25) is 5.91 Å². The predicted octanol–water partition coefficient (Wildman–Crippen LogP) is 0.826. The van der Waals surface area contributed by atoms with Gasteiger partial charge in [-0.25, -0.2) is 4.79 Å². The van der Waals surface area contributed by atoms with Gasteiger partial charge in [-0.15, -0.1) is 6.58 Å². The number of nitrogens with one attached hydrogen (secondary N) is 1. The minimum atomic E-state index is -0.241. The lowest BCUT2D eigenvalue weighted by atomic mass is 10.1. The number of nitrogens with zero attached hydrogens (tertiary/aromatic N) is 2. The van der Waals surface area contributed by atoms with Gasteiger partial charge in [-0.3, -0.25) is 4.79 Å². The third-order valence-corrected chi connectivity index (χ3v) is 2.85. The van der Waals surface area contributed by atoms with E-state index in [-0.39, 0.29) is 18.5 Å². The van der Waals surface area contributed by atoms with Crippen molar-refractivity contribution in [1.82, 2.24) is 15.1 Å². The first-order chi connectivity index (χ1) is 8.15. The molecule has 1 fully saturated rings. The molecule has 1 heterocycles. The van der Waals surface area contributed by atoms with Gasteiger partial charge < -0.3 is 15.1 Å². The van der Waals surface area contributed by atoms with E-state index in [2.05, 4.69) is 11.9 Å². The van der Waals surface area contributed by atoms with Crippen molar-refractivity contribution in [2.45, 2.75) is 19.3 Å². The Morgan fingerprint density at radius 2 is 2.00 bits per heavy atom. The van der Waals surface area contributed by atoms with E-state index in [4.69, 9.17) is 0 Å². The number of urea groups is 1. The highest BCUT2D eigenvalue weighted by molar-refractivity contribution is 5.84. The first-order valence-corrected chi connectivity index (χ1v) is 6.02. The van der Waals surface area contributed by atoms with Crippen molar-refractivity contribution in [2.75, 3.05) is 33.2 Å². The molecule has 1 rings (SSSR count). The zero-order valence-corrected chi connectivity index (χ0v) is 10.4. The van der Waals surface area contributed by atoms with Crippen molar-refractivity contribution >= 4 is 11.9 Å². The number of likely N-dealkylation sites (N-methyl/N-ethyl adjacent to an activating group) is 1. The maximum Gasteiger partial charge on any atom is 0.317 e. The van der Waals surface area contributed by atoms with Gasteiger partial charge in [-0.2, -0.15) is 0 Å². The normalized spacial score (nSPS) is 15.2. The minimum absolute atomic E-state index is 0.00468. The van der Waals surface area contributed by atoms with E-state index in [1.54, 1.807) is 13.1 Å². The molecule has 0 saturated carbocycles. The summed E-state index contributed by atoms with van der Waals surface area (Å²) in [7, 11) is 1.67. The fourth-order valence-corrected chi connectivity index (χ4v) is 1.82. The van der Waals surface area contributed by atoms with Gasteiger partial charge in [0.1, 0.15) is 0 Å². The molecule has 0 aromatic heterocycles. The zero-order chi connectivity index (χ0) is 12.7. The Kier molecular flexibility index (Phi) is 5.52. The monoisotopic (exact) mass is 239 g/mol. The average molecular weight is 239 g/mol. The molecule has 0 bridgehead atoms. The first-order valence-electron chi connectivity index (χ1n) is 6.02. The van der Waals surface area contributed by atoms with Gasteiger partial charge in [0.15, 0.2) is 0 Å². The maximum atomic E-state index is 11.8. The third kappa shape index (κ3) is 4.46. The van der Waals surface area contributed by atoms with Crippen LogP contribution in [0.3, 0.4) is 0 Å². The van der Waals surface area contributed by atoms with E-state index in [1.807, 2.05) is 4.90 Å². The summed E-state index contributed by atoms with van der Waals surface area (Å²) in [6.07, 6.45) is 4.97. The summed E-state index contributed by atoms with van der Waals surface area (Å²) in [5.74, 6) is 0.00468. The highest BCUT2D eigenvalue weighted by Gasteiger charge is 2.17. The Morgan fingerprint density at radius 1 is 1.35 bits per heavy atom. The van der Waals surface area contributed by atoms with Gasteiger partial charge in [0.25, 0.3) is 0 Å². The lowest BCUT2D eigenvalue weighted by molar-refractivity contribution is -0.130. The van der Waals surface area contributed by atoms with Crippen molar-refractivity contribution in [3.8, 4) is 0 Å². The lowest BCUT2D eigenvalue weighted by Gasteiger charge is -2.27. The Balaban J connectivity index is 2.26. The van der Waals surface area contributed by atoms with Crippen molar-refractivity contribution in [3.05, 3.63) is 12.7 Å². The van der Waals surface area contributed by atoms with Crippen LogP contribution in [-0.2, 0) is 4.79 Å². The number of hydrogen-bond donors (Lipinski definition) is 1. The van der Waals surface area contributed by atoms with Crippen molar-refractivity contribution in [2.24, 2.45) is 0 Å². The molecule has 5 heteroatoms. The smallest absolute Gasteiger partial charge is 0.317 e. The molecule has 0 aliphatic carbocycles. The fraction of sp³-hybridized carbons (Fsp3) is 0.667. The number of hydrogen-bond acceptors (Lipinski definition) is 2. The van der Waals surface area contributed by atoms with E-state index in [0.29, 0.717) is 6.54 Å². The molecule has 0 unspecified atom stereocenters. The van der Waals surface area contributed by atoms with Crippen LogP contribution in [0.4, 0.5) is 4.79 Å². The van der Waals surface area contributed by atoms with E-state index in [1.165, 1.54) is 11.3 Å². The third-order valence-electron chi connectivity index (χ3n) is 2.85. The van der Waals surface area contributed by atoms with Gasteiger partial charge in [0.05, 0.1) is 6.54 Å². The SMILES string of the molecule is C=CCN(C)C(=O)NCC(=O)N1CCCCC1. The van der Waals surface area contributed by atoms with E-state index < -0.39 is 0 Å². The number of likely N-dealkylation sites (tertiary alicyclic amines) is 1. The molecule has 17 heavy (non-hydrogen) atoms. The molecule has 0 spiro atoms. The van der Waals surface area contributed by atoms with Crippen LogP contribution in [0.15, 0.2) is 12.7 Å². The molecule has 1 N–H and O–H groups in total.